The lowest BCUT2D eigenvalue weighted by atomic mass is 10.1. The van der Waals surface area contributed by atoms with Crippen LogP contribution in [0.2, 0.25) is 5.02 Å². The molecular formula is C22H24ClF3N6O4S. The van der Waals surface area contributed by atoms with Gasteiger partial charge < -0.3 is 9.64 Å². The highest BCUT2D eigenvalue weighted by molar-refractivity contribution is 7.89. The second kappa shape index (κ2) is 10.4. The molecule has 2 aromatic heterocycles. The molecule has 4 rings (SSSR count). The van der Waals surface area contributed by atoms with Crippen LogP contribution in [0.25, 0.3) is 5.78 Å². The van der Waals surface area contributed by atoms with Crippen LogP contribution in [0.5, 0.6) is 0 Å². The first kappa shape index (κ1) is 27.1. The van der Waals surface area contributed by atoms with E-state index in [1.54, 1.807) is 18.4 Å². The number of piperazine rings is 1. The van der Waals surface area contributed by atoms with E-state index in [-0.39, 0.29) is 50.1 Å². The lowest BCUT2D eigenvalue weighted by molar-refractivity contribution is -0.143. The molecule has 3 aromatic rings. The number of aromatic nitrogens is 4. The zero-order valence-corrected chi connectivity index (χ0v) is 21.6. The number of hydrogen-bond acceptors (Lipinski definition) is 8. The van der Waals surface area contributed by atoms with Gasteiger partial charge in [0.05, 0.1) is 17.2 Å². The summed E-state index contributed by atoms with van der Waals surface area (Å²) < 4.78 is 73.1. The van der Waals surface area contributed by atoms with Gasteiger partial charge in [-0.2, -0.15) is 32.1 Å². The fourth-order valence-electron chi connectivity index (χ4n) is 4.21. The summed E-state index contributed by atoms with van der Waals surface area (Å²) in [6, 6.07) is 2.19. The number of hydrogen-bond donors (Lipinski definition) is 0. The highest BCUT2D eigenvalue weighted by Crippen LogP contribution is 2.35. The van der Waals surface area contributed by atoms with Crippen LogP contribution in [0, 0.1) is 6.92 Å². The van der Waals surface area contributed by atoms with Gasteiger partial charge in [0.1, 0.15) is 17.0 Å². The summed E-state index contributed by atoms with van der Waals surface area (Å²) in [6.07, 6.45) is -2.82. The summed E-state index contributed by atoms with van der Waals surface area (Å²) >= 11 is 5.96. The van der Waals surface area contributed by atoms with Crippen molar-refractivity contribution in [3.8, 4) is 0 Å². The predicted molar refractivity (Wildman–Crippen MR) is 128 cm³/mol. The average molecular weight is 561 g/mol. The molecule has 10 nitrogen and oxygen atoms in total. The van der Waals surface area contributed by atoms with Crippen molar-refractivity contribution in [3.63, 3.8) is 0 Å². The molecule has 0 radical (unpaired) electrons. The van der Waals surface area contributed by atoms with Gasteiger partial charge in [-0.3, -0.25) is 4.79 Å². The van der Waals surface area contributed by atoms with Crippen LogP contribution < -0.4 is 4.90 Å². The molecule has 0 bridgehead atoms. The van der Waals surface area contributed by atoms with E-state index in [2.05, 4.69) is 15.1 Å². The summed E-state index contributed by atoms with van der Waals surface area (Å²) in [4.78, 5) is 22.1. The first-order chi connectivity index (χ1) is 17.4. The number of benzene rings is 1. The van der Waals surface area contributed by atoms with Gasteiger partial charge in [0.25, 0.3) is 5.78 Å². The van der Waals surface area contributed by atoms with E-state index in [9.17, 15) is 26.4 Å². The molecule has 0 amide bonds. The molecule has 0 unspecified atom stereocenters. The molecule has 1 fully saturated rings. The lowest BCUT2D eigenvalue weighted by Gasteiger charge is -2.36. The Labute approximate surface area is 216 Å². The first-order valence-corrected chi connectivity index (χ1v) is 13.2. The summed E-state index contributed by atoms with van der Waals surface area (Å²) in [5.41, 5.74) is 0.390. The van der Waals surface area contributed by atoms with Crippen molar-refractivity contribution in [3.05, 3.63) is 46.4 Å². The molecule has 1 saturated heterocycles. The number of ether oxygens (including phenoxy) is 1. The van der Waals surface area contributed by atoms with Gasteiger partial charge in [0.15, 0.2) is 0 Å². The molecule has 1 aliphatic heterocycles. The van der Waals surface area contributed by atoms with Crippen LogP contribution in [-0.2, 0) is 32.2 Å². The summed E-state index contributed by atoms with van der Waals surface area (Å²) in [5.74, 6) is 0.656. The Hall–Kier alpha value is -2.97. The van der Waals surface area contributed by atoms with Gasteiger partial charge in [-0.15, -0.1) is 0 Å². The van der Waals surface area contributed by atoms with Gasteiger partial charge in [-0.05, 0) is 38.5 Å². The smallest absolute Gasteiger partial charge is 0.416 e. The Morgan fingerprint density at radius 2 is 1.89 bits per heavy atom. The Balaban J connectivity index is 1.58. The number of carbonyl (C=O) groups is 1. The number of alkyl halides is 3. The second-order valence-corrected chi connectivity index (χ2v) is 10.6. The molecule has 15 heteroatoms. The predicted octanol–water partition coefficient (Wildman–Crippen LogP) is 3.11. The quantitative estimate of drug-likeness (QED) is 0.405. The van der Waals surface area contributed by atoms with Crippen molar-refractivity contribution in [2.24, 2.45) is 0 Å². The highest BCUT2D eigenvalue weighted by atomic mass is 35.5. The summed E-state index contributed by atoms with van der Waals surface area (Å²) in [6.45, 7) is 4.40. The molecule has 0 spiro atoms. The van der Waals surface area contributed by atoms with E-state index in [0.717, 1.165) is 11.6 Å². The Morgan fingerprint density at radius 3 is 2.51 bits per heavy atom. The summed E-state index contributed by atoms with van der Waals surface area (Å²) in [7, 11) is -4.14. The zero-order chi connectivity index (χ0) is 27.0. The Morgan fingerprint density at radius 1 is 1.19 bits per heavy atom. The Kier molecular flexibility index (Phi) is 7.62. The van der Waals surface area contributed by atoms with Crippen molar-refractivity contribution in [2.75, 3.05) is 37.7 Å². The van der Waals surface area contributed by atoms with Crippen LogP contribution in [0.3, 0.4) is 0 Å². The maximum atomic E-state index is 13.2. The zero-order valence-electron chi connectivity index (χ0n) is 20.0. The van der Waals surface area contributed by atoms with Crippen LogP contribution in [-0.4, -0.2) is 71.1 Å². The maximum absolute atomic E-state index is 13.2. The van der Waals surface area contributed by atoms with Gasteiger partial charge >= 0.3 is 12.1 Å². The van der Waals surface area contributed by atoms with Crippen molar-refractivity contribution >= 4 is 39.2 Å². The van der Waals surface area contributed by atoms with E-state index < -0.39 is 26.8 Å². The van der Waals surface area contributed by atoms with E-state index >= 15 is 0 Å². The highest BCUT2D eigenvalue weighted by Gasteiger charge is 2.35. The van der Waals surface area contributed by atoms with E-state index in [1.807, 2.05) is 4.90 Å². The number of esters is 1. The Bertz CT molecular complexity index is 1420. The molecule has 0 aliphatic carbocycles. The van der Waals surface area contributed by atoms with Gasteiger partial charge in [0.2, 0.25) is 10.0 Å². The molecule has 0 saturated carbocycles. The molecule has 3 heterocycles. The number of aryl methyl sites for hydroxylation is 1. The SMILES string of the molecule is CCOC(=O)CCc1c(C)nc2ncnn2c1N1CCN(S(=O)(=O)c2ccc(C(F)(F)F)cc2Cl)CC1. The standard InChI is InChI=1S/C22H24ClF3N6O4S/c1-3-36-19(33)7-5-16-14(2)29-21-27-13-28-32(21)20(16)30-8-10-31(11-9-30)37(34,35)18-6-4-15(12-17(18)23)22(24,25)26/h4,6,12-13H,3,5,7-11H2,1-2H3. The minimum Gasteiger partial charge on any atom is -0.466 e. The first-order valence-electron chi connectivity index (χ1n) is 11.4. The average Bonchev–Trinajstić information content (AvgIpc) is 3.29. The third-order valence-corrected chi connectivity index (χ3v) is 8.39. The topological polar surface area (TPSA) is 110 Å². The van der Waals surface area contributed by atoms with Gasteiger partial charge in [0, 0.05) is 43.9 Å². The third-order valence-electron chi connectivity index (χ3n) is 6.00. The normalized spacial score (nSPS) is 15.4. The number of fused-ring (bicyclic) bond motifs is 1. The van der Waals surface area contributed by atoms with Gasteiger partial charge in [-0.1, -0.05) is 11.6 Å². The van der Waals surface area contributed by atoms with Crippen molar-refractivity contribution in [1.82, 2.24) is 23.9 Å². The fraction of sp³-hybridized carbons (Fsp3) is 0.455. The largest absolute Gasteiger partial charge is 0.466 e. The minimum atomic E-state index is -4.64. The minimum absolute atomic E-state index is 0.0502. The van der Waals surface area contributed by atoms with Crippen molar-refractivity contribution < 1.29 is 31.1 Å². The van der Waals surface area contributed by atoms with Crippen molar-refractivity contribution in [2.45, 2.75) is 37.8 Å². The third kappa shape index (κ3) is 5.50. The lowest BCUT2D eigenvalue weighted by Crippen LogP contribution is -2.49. The fourth-order valence-corrected chi connectivity index (χ4v) is 6.15. The van der Waals surface area contributed by atoms with Crippen LogP contribution in [0.1, 0.15) is 30.2 Å². The molecular weight excluding hydrogens is 537 g/mol. The molecule has 1 aliphatic rings. The molecule has 200 valence electrons. The number of halogens is 4. The number of anilines is 1. The van der Waals surface area contributed by atoms with E-state index in [4.69, 9.17) is 16.3 Å². The van der Waals surface area contributed by atoms with Crippen LogP contribution in [0.4, 0.5) is 19.0 Å². The maximum Gasteiger partial charge on any atom is 0.416 e. The number of carbonyl (C=O) groups excluding carboxylic acids is 1. The monoisotopic (exact) mass is 560 g/mol. The summed E-state index contributed by atoms with van der Waals surface area (Å²) in [5, 5.41) is 3.77. The molecule has 37 heavy (non-hydrogen) atoms. The van der Waals surface area contributed by atoms with Crippen molar-refractivity contribution in [1.29, 1.82) is 0 Å². The molecule has 0 N–H and O–H groups in total. The number of sulfonamides is 1. The molecule has 1 aromatic carbocycles. The van der Waals surface area contributed by atoms with Crippen LogP contribution >= 0.6 is 11.6 Å². The molecule has 0 atom stereocenters. The van der Waals surface area contributed by atoms with E-state index in [1.165, 1.54) is 10.6 Å². The number of rotatable bonds is 7. The van der Waals surface area contributed by atoms with Crippen LogP contribution in [0.15, 0.2) is 29.4 Å². The number of nitrogens with zero attached hydrogens (tertiary/aromatic N) is 6. The van der Waals surface area contributed by atoms with E-state index in [0.29, 0.717) is 35.8 Å². The van der Waals surface area contributed by atoms with Gasteiger partial charge in [-0.25, -0.2) is 13.4 Å². The second-order valence-electron chi connectivity index (χ2n) is 8.31.